The summed E-state index contributed by atoms with van der Waals surface area (Å²) >= 11 is 0. The molecule has 1 atom stereocenters. The number of carbonyl (C=O) groups is 1. The first kappa shape index (κ1) is 17.8. The van der Waals surface area contributed by atoms with Gasteiger partial charge in [0.25, 0.3) is 0 Å². The van der Waals surface area contributed by atoms with Crippen LogP contribution in [0.2, 0.25) is 0 Å². The second-order valence-corrected chi connectivity index (χ2v) is 7.25. The number of anilines is 1. The highest BCUT2D eigenvalue weighted by atomic mass is 16.5. The van der Waals surface area contributed by atoms with Crippen molar-refractivity contribution in [2.24, 2.45) is 5.41 Å². The predicted octanol–water partition coefficient (Wildman–Crippen LogP) is 2.81. The molecule has 4 rings (SSSR count). The van der Waals surface area contributed by atoms with Gasteiger partial charge in [-0.25, -0.2) is 4.79 Å². The number of methoxy groups -OCH3 is 1. The van der Waals surface area contributed by atoms with Crippen LogP contribution in [-0.2, 0) is 4.74 Å². The van der Waals surface area contributed by atoms with Crippen LogP contribution in [0.3, 0.4) is 0 Å². The molecular weight excluding hydrogens is 348 g/mol. The van der Waals surface area contributed by atoms with Crippen molar-refractivity contribution in [1.29, 1.82) is 0 Å². The Morgan fingerprint density at radius 3 is 2.89 bits per heavy atom. The summed E-state index contributed by atoms with van der Waals surface area (Å²) in [7, 11) is 1.60. The van der Waals surface area contributed by atoms with Crippen LogP contribution in [-0.4, -0.2) is 54.5 Å². The lowest BCUT2D eigenvalue weighted by Gasteiger charge is -2.36. The molecule has 144 valence electrons. The van der Waals surface area contributed by atoms with Crippen LogP contribution in [0.5, 0.6) is 5.75 Å². The fourth-order valence-corrected chi connectivity index (χ4v) is 4.11. The van der Waals surface area contributed by atoms with Crippen LogP contribution in [0, 0.1) is 12.3 Å². The van der Waals surface area contributed by atoms with Gasteiger partial charge < -0.3 is 24.2 Å². The summed E-state index contributed by atoms with van der Waals surface area (Å²) in [6.45, 7) is 4.39. The normalized spacial score (nSPS) is 21.4. The van der Waals surface area contributed by atoms with Crippen LogP contribution in [0.25, 0.3) is 0 Å². The van der Waals surface area contributed by atoms with E-state index >= 15 is 0 Å². The second-order valence-electron chi connectivity index (χ2n) is 7.25. The number of nitrogens with zero attached hydrogens (tertiary/aromatic N) is 3. The summed E-state index contributed by atoms with van der Waals surface area (Å²) in [6, 6.07) is 7.21. The maximum atomic E-state index is 12.9. The van der Waals surface area contributed by atoms with Crippen molar-refractivity contribution in [3.63, 3.8) is 0 Å². The fourth-order valence-electron chi connectivity index (χ4n) is 4.11. The molecule has 1 aromatic heterocycles. The second kappa shape index (κ2) is 7.19. The number of rotatable bonds is 3. The zero-order chi connectivity index (χ0) is 18.9. The van der Waals surface area contributed by atoms with Gasteiger partial charge in [-0.1, -0.05) is 11.2 Å². The lowest BCUT2D eigenvalue weighted by Crippen LogP contribution is -2.38. The third kappa shape index (κ3) is 3.49. The van der Waals surface area contributed by atoms with E-state index in [0.717, 1.165) is 12.8 Å². The molecule has 2 aliphatic rings. The van der Waals surface area contributed by atoms with Crippen molar-refractivity contribution in [3.05, 3.63) is 36.0 Å². The topological polar surface area (TPSA) is 89.7 Å². The zero-order valence-electron chi connectivity index (χ0n) is 15.6. The first-order valence-corrected chi connectivity index (χ1v) is 9.18. The van der Waals surface area contributed by atoms with Crippen molar-refractivity contribution in [2.45, 2.75) is 25.7 Å². The Morgan fingerprint density at radius 2 is 2.19 bits per heavy atom. The standard InChI is InChI=1S/C19H24N4O4/c1-13-20-17(27-22-13)16-11-23(12-19(16)6-8-26-9-7-19)18(24)21-14-4-3-5-15(10-14)25-2/h3-5,10,16H,6-9,11-12H2,1-2H3,(H,21,24). The van der Waals surface area contributed by atoms with Gasteiger partial charge in [0.1, 0.15) is 5.75 Å². The Bertz CT molecular complexity index is 816. The van der Waals surface area contributed by atoms with Gasteiger partial charge in [-0.2, -0.15) is 4.98 Å². The number of nitrogens with one attached hydrogen (secondary N) is 1. The number of benzene rings is 1. The van der Waals surface area contributed by atoms with Crippen molar-refractivity contribution in [1.82, 2.24) is 15.0 Å². The molecule has 0 radical (unpaired) electrons. The van der Waals surface area contributed by atoms with Gasteiger partial charge in [-0.15, -0.1) is 0 Å². The van der Waals surface area contributed by atoms with Gasteiger partial charge in [-0.05, 0) is 31.9 Å². The number of hydrogen-bond donors (Lipinski definition) is 1. The summed E-state index contributed by atoms with van der Waals surface area (Å²) in [4.78, 5) is 19.2. The van der Waals surface area contributed by atoms with Crippen molar-refractivity contribution < 1.29 is 18.8 Å². The third-order valence-corrected chi connectivity index (χ3v) is 5.59. The molecule has 0 saturated carbocycles. The molecule has 8 heteroatoms. The summed E-state index contributed by atoms with van der Waals surface area (Å²) in [6.07, 6.45) is 1.75. The van der Waals surface area contributed by atoms with E-state index in [1.54, 1.807) is 13.2 Å². The van der Waals surface area contributed by atoms with E-state index in [1.807, 2.05) is 30.0 Å². The summed E-state index contributed by atoms with van der Waals surface area (Å²) in [5.74, 6) is 1.96. The zero-order valence-corrected chi connectivity index (χ0v) is 15.6. The Balaban J connectivity index is 1.54. The van der Waals surface area contributed by atoms with E-state index < -0.39 is 0 Å². The Hall–Kier alpha value is -2.61. The monoisotopic (exact) mass is 372 g/mol. The van der Waals surface area contributed by atoms with Gasteiger partial charge in [0, 0.05) is 43.5 Å². The summed E-state index contributed by atoms with van der Waals surface area (Å²) in [5, 5.41) is 6.91. The first-order chi connectivity index (χ1) is 13.1. The van der Waals surface area contributed by atoms with Crippen molar-refractivity contribution >= 4 is 11.7 Å². The molecule has 1 aromatic carbocycles. The molecular formula is C19H24N4O4. The molecule has 3 heterocycles. The molecule has 8 nitrogen and oxygen atoms in total. The Labute approximate surface area is 157 Å². The molecule has 2 aliphatic heterocycles. The number of ether oxygens (including phenoxy) is 2. The number of amides is 2. The van der Waals surface area contributed by atoms with Gasteiger partial charge in [0.15, 0.2) is 5.82 Å². The van der Waals surface area contributed by atoms with Crippen molar-refractivity contribution in [2.75, 3.05) is 38.7 Å². The van der Waals surface area contributed by atoms with E-state index in [-0.39, 0.29) is 17.4 Å². The molecule has 27 heavy (non-hydrogen) atoms. The van der Waals surface area contributed by atoms with Gasteiger partial charge in [0.05, 0.1) is 13.0 Å². The molecule has 2 fully saturated rings. The highest BCUT2D eigenvalue weighted by Crippen LogP contribution is 2.49. The molecule has 0 aliphatic carbocycles. The average molecular weight is 372 g/mol. The first-order valence-electron chi connectivity index (χ1n) is 9.18. The predicted molar refractivity (Wildman–Crippen MR) is 97.8 cm³/mol. The molecule has 2 aromatic rings. The Kier molecular flexibility index (Phi) is 4.73. The van der Waals surface area contributed by atoms with Crippen molar-refractivity contribution in [3.8, 4) is 5.75 Å². The Morgan fingerprint density at radius 1 is 1.37 bits per heavy atom. The fraction of sp³-hybridized carbons (Fsp3) is 0.526. The van der Waals surface area contributed by atoms with E-state index in [0.29, 0.717) is 49.5 Å². The van der Waals surface area contributed by atoms with Crippen LogP contribution in [0.4, 0.5) is 10.5 Å². The van der Waals surface area contributed by atoms with Crippen LogP contribution in [0.1, 0.15) is 30.5 Å². The maximum absolute atomic E-state index is 12.9. The maximum Gasteiger partial charge on any atom is 0.321 e. The number of urea groups is 1. The van der Waals surface area contributed by atoms with Crippen LogP contribution in [0.15, 0.2) is 28.8 Å². The molecule has 1 unspecified atom stereocenters. The molecule has 0 bridgehead atoms. The van der Waals surface area contributed by atoms with E-state index in [4.69, 9.17) is 14.0 Å². The van der Waals surface area contributed by atoms with Crippen LogP contribution < -0.4 is 10.1 Å². The van der Waals surface area contributed by atoms with E-state index in [1.165, 1.54) is 0 Å². The lowest BCUT2D eigenvalue weighted by molar-refractivity contribution is 0.00959. The molecule has 2 amide bonds. The number of carbonyl (C=O) groups excluding carboxylic acids is 1. The van der Waals surface area contributed by atoms with Gasteiger partial charge in [0.2, 0.25) is 5.89 Å². The molecule has 1 N–H and O–H groups in total. The smallest absolute Gasteiger partial charge is 0.321 e. The number of likely N-dealkylation sites (tertiary alicyclic amines) is 1. The minimum Gasteiger partial charge on any atom is -0.497 e. The molecule has 2 saturated heterocycles. The quantitative estimate of drug-likeness (QED) is 0.891. The minimum atomic E-state index is -0.132. The minimum absolute atomic E-state index is 0.0265. The lowest BCUT2D eigenvalue weighted by atomic mass is 9.72. The van der Waals surface area contributed by atoms with Gasteiger partial charge >= 0.3 is 6.03 Å². The summed E-state index contributed by atoms with van der Waals surface area (Å²) in [5.41, 5.74) is 0.626. The van der Waals surface area contributed by atoms with Crippen LogP contribution >= 0.6 is 0 Å². The number of aromatic nitrogens is 2. The summed E-state index contributed by atoms with van der Waals surface area (Å²) < 4.78 is 16.3. The highest BCUT2D eigenvalue weighted by Gasteiger charge is 2.51. The average Bonchev–Trinajstić information content (AvgIpc) is 3.26. The number of hydrogen-bond acceptors (Lipinski definition) is 6. The highest BCUT2D eigenvalue weighted by molar-refractivity contribution is 5.89. The largest absolute Gasteiger partial charge is 0.497 e. The van der Waals surface area contributed by atoms with E-state index in [2.05, 4.69) is 15.5 Å². The SMILES string of the molecule is COc1cccc(NC(=O)N2CC(c3nc(C)no3)C3(CCOCC3)C2)c1. The van der Waals surface area contributed by atoms with E-state index in [9.17, 15) is 4.79 Å². The number of aryl methyl sites for hydroxylation is 1. The third-order valence-electron chi connectivity index (χ3n) is 5.59. The van der Waals surface area contributed by atoms with Gasteiger partial charge in [-0.3, -0.25) is 0 Å². The molecule has 1 spiro atoms.